The van der Waals surface area contributed by atoms with Crippen molar-refractivity contribution in [2.75, 3.05) is 0 Å². The van der Waals surface area contributed by atoms with Crippen LogP contribution < -0.4 is 5.73 Å². The van der Waals surface area contributed by atoms with Crippen LogP contribution in [0.3, 0.4) is 0 Å². The summed E-state index contributed by atoms with van der Waals surface area (Å²) in [7, 11) is 0. The zero-order valence-electron chi connectivity index (χ0n) is 2.97. The van der Waals surface area contributed by atoms with Crippen LogP contribution in [0.25, 0.3) is 0 Å². The van der Waals surface area contributed by atoms with Crippen LogP contribution in [-0.4, -0.2) is 12.5 Å². The van der Waals surface area contributed by atoms with Gasteiger partial charge in [0.15, 0.2) is 6.40 Å². The third kappa shape index (κ3) is 2.94. The Labute approximate surface area is 34.4 Å². The van der Waals surface area contributed by atoms with Crippen LogP contribution in [0.1, 0.15) is 0 Å². The van der Waals surface area contributed by atoms with Crippen molar-refractivity contribution in [1.82, 2.24) is 0 Å². The van der Waals surface area contributed by atoms with E-state index in [-0.39, 0.29) is 0 Å². The predicted octanol–water partition coefficient (Wildman–Crippen LogP) is -0.311. The number of nitrogens with one attached hydrogen (secondary N) is 1. The van der Waals surface area contributed by atoms with Crippen LogP contribution in [0.15, 0.2) is 0 Å². The molecule has 0 atom stereocenters. The van der Waals surface area contributed by atoms with Gasteiger partial charge in [-0.05, 0) is 0 Å². The smallest absolute Gasteiger partial charge is 0.399 e. The van der Waals surface area contributed by atoms with Gasteiger partial charge in [-0.3, -0.25) is 5.41 Å². The van der Waals surface area contributed by atoms with Crippen LogP contribution in [0.2, 0.25) is 0 Å². The molecule has 0 aliphatic rings. The number of hydrogen-bond donors (Lipinski definition) is 2. The Kier molecular flexibility index (Phi) is 1.81. The normalized spacial score (nSPS) is 6.67. The molecule has 6 heavy (non-hydrogen) atoms. The van der Waals surface area contributed by atoms with Gasteiger partial charge in [0.05, 0.1) is 0 Å². The highest BCUT2D eigenvalue weighted by atomic mass is 16.5. The number of rotatable bonds is 1. The third-order valence-electron chi connectivity index (χ3n) is 0.175. The molecular weight excluding hydrogens is 84.0 g/mol. The standard InChI is InChI=1S/C2H4N2O2/c3-1-6-2(4)5/h1,3H,(H2,4,5). The van der Waals surface area contributed by atoms with Crippen molar-refractivity contribution in [3.63, 3.8) is 0 Å². The highest BCUT2D eigenvalue weighted by molar-refractivity contribution is 5.73. The first kappa shape index (κ1) is 4.94. The number of primary amides is 1. The number of carbonyl (C=O) groups excluding carboxylic acids is 1. The first-order valence-corrected chi connectivity index (χ1v) is 1.22. The molecule has 0 heterocycles. The molecule has 1 amide bonds. The molecule has 0 bridgehead atoms. The monoisotopic (exact) mass is 88.0 g/mol. The summed E-state index contributed by atoms with van der Waals surface area (Å²) in [6, 6.07) is 0. The largest absolute Gasteiger partial charge is 0.410 e. The summed E-state index contributed by atoms with van der Waals surface area (Å²) in [6.45, 7) is 0. The molecule has 0 unspecified atom stereocenters. The molecule has 0 rings (SSSR count). The summed E-state index contributed by atoms with van der Waals surface area (Å²) >= 11 is 0. The Morgan fingerprint density at radius 2 is 2.50 bits per heavy atom. The van der Waals surface area contributed by atoms with Gasteiger partial charge in [0, 0.05) is 0 Å². The maximum Gasteiger partial charge on any atom is 0.410 e. The predicted molar refractivity (Wildman–Crippen MR) is 19.5 cm³/mol. The minimum atomic E-state index is -0.954. The van der Waals surface area contributed by atoms with E-state index in [2.05, 4.69) is 10.5 Å². The quantitative estimate of drug-likeness (QED) is 0.340. The molecule has 3 N–H and O–H groups in total. The summed E-state index contributed by atoms with van der Waals surface area (Å²) in [5.74, 6) is 0. The fourth-order valence-electron chi connectivity index (χ4n) is 0.0581. The summed E-state index contributed by atoms with van der Waals surface area (Å²) in [6.07, 6.45) is -0.479. The maximum absolute atomic E-state index is 9.45. The van der Waals surface area contributed by atoms with Crippen LogP contribution >= 0.6 is 0 Å². The third-order valence-corrected chi connectivity index (χ3v) is 0.175. The molecule has 4 heteroatoms. The molecule has 34 valence electrons. The first-order chi connectivity index (χ1) is 2.77. The van der Waals surface area contributed by atoms with Crippen molar-refractivity contribution in [2.24, 2.45) is 5.73 Å². The fraction of sp³-hybridized carbons (Fsp3) is 0. The number of amides is 1. The van der Waals surface area contributed by atoms with E-state index in [9.17, 15) is 4.79 Å². The number of ether oxygens (including phenoxy) is 1. The molecular formula is C2H4N2O2. The molecule has 0 aromatic carbocycles. The van der Waals surface area contributed by atoms with Crippen molar-refractivity contribution >= 4 is 12.5 Å². The minimum absolute atomic E-state index is 0.475. The fourth-order valence-corrected chi connectivity index (χ4v) is 0.0581. The van der Waals surface area contributed by atoms with E-state index in [1.165, 1.54) is 0 Å². The van der Waals surface area contributed by atoms with Gasteiger partial charge in [0.2, 0.25) is 0 Å². The second kappa shape index (κ2) is 2.19. The number of hydrogen-bond acceptors (Lipinski definition) is 3. The second-order valence-electron chi connectivity index (χ2n) is 0.555. The van der Waals surface area contributed by atoms with E-state index in [0.717, 1.165) is 0 Å². The van der Waals surface area contributed by atoms with Gasteiger partial charge < -0.3 is 10.5 Å². The molecule has 0 fully saturated rings. The van der Waals surface area contributed by atoms with Gasteiger partial charge in [0.1, 0.15) is 0 Å². The summed E-state index contributed by atoms with van der Waals surface area (Å²) in [5.41, 5.74) is 4.39. The lowest BCUT2D eigenvalue weighted by atomic mass is 11.2. The van der Waals surface area contributed by atoms with Crippen molar-refractivity contribution in [3.05, 3.63) is 0 Å². The van der Waals surface area contributed by atoms with Crippen molar-refractivity contribution in [2.45, 2.75) is 0 Å². The zero-order chi connectivity index (χ0) is 4.99. The van der Waals surface area contributed by atoms with Gasteiger partial charge >= 0.3 is 6.09 Å². The Morgan fingerprint density at radius 3 is 2.50 bits per heavy atom. The van der Waals surface area contributed by atoms with Gasteiger partial charge in [-0.15, -0.1) is 0 Å². The van der Waals surface area contributed by atoms with Crippen molar-refractivity contribution in [1.29, 1.82) is 5.41 Å². The number of nitrogens with two attached hydrogens (primary N) is 1. The summed E-state index contributed by atoms with van der Waals surface area (Å²) in [5, 5.41) is 6.08. The van der Waals surface area contributed by atoms with Crippen molar-refractivity contribution in [3.8, 4) is 0 Å². The van der Waals surface area contributed by atoms with E-state index < -0.39 is 6.09 Å². The molecule has 4 nitrogen and oxygen atoms in total. The minimum Gasteiger partial charge on any atom is -0.399 e. The van der Waals surface area contributed by atoms with E-state index >= 15 is 0 Å². The van der Waals surface area contributed by atoms with E-state index in [4.69, 9.17) is 5.41 Å². The average Bonchev–Trinajstić information content (AvgIpc) is 1.35. The van der Waals surface area contributed by atoms with Gasteiger partial charge in [0.25, 0.3) is 0 Å². The Bertz CT molecular complexity index is 69.9. The molecule has 0 saturated carbocycles. The molecule has 0 saturated heterocycles. The summed E-state index contributed by atoms with van der Waals surface area (Å²) < 4.78 is 3.72. The molecule has 0 radical (unpaired) electrons. The van der Waals surface area contributed by atoms with Crippen LogP contribution in [0.4, 0.5) is 4.79 Å². The van der Waals surface area contributed by atoms with Crippen LogP contribution in [0.5, 0.6) is 0 Å². The highest BCUT2D eigenvalue weighted by Crippen LogP contribution is 1.58. The molecule has 0 aromatic rings. The topological polar surface area (TPSA) is 76.2 Å². The first-order valence-electron chi connectivity index (χ1n) is 1.22. The van der Waals surface area contributed by atoms with E-state index in [1.54, 1.807) is 0 Å². The zero-order valence-corrected chi connectivity index (χ0v) is 2.97. The second-order valence-corrected chi connectivity index (χ2v) is 0.555. The molecule has 0 aliphatic carbocycles. The van der Waals surface area contributed by atoms with E-state index in [0.29, 0.717) is 6.40 Å². The maximum atomic E-state index is 9.45. The highest BCUT2D eigenvalue weighted by Gasteiger charge is 1.80. The lowest BCUT2D eigenvalue weighted by molar-refractivity contribution is 0.210. The SMILES string of the molecule is N=COC(N)=O. The van der Waals surface area contributed by atoms with Crippen LogP contribution in [-0.2, 0) is 4.74 Å². The van der Waals surface area contributed by atoms with Gasteiger partial charge in [-0.25, -0.2) is 4.79 Å². The summed E-state index contributed by atoms with van der Waals surface area (Å²) in [4.78, 5) is 9.45. The lowest BCUT2D eigenvalue weighted by Crippen LogP contribution is -2.10. The number of carbonyl (C=O) groups is 1. The van der Waals surface area contributed by atoms with Gasteiger partial charge in [-0.1, -0.05) is 0 Å². The Balaban J connectivity index is 3.05. The van der Waals surface area contributed by atoms with Crippen LogP contribution in [0, 0.1) is 5.41 Å². The molecule has 0 aliphatic heterocycles. The Hall–Kier alpha value is -1.06. The Morgan fingerprint density at radius 1 is 2.00 bits per heavy atom. The van der Waals surface area contributed by atoms with E-state index in [1.807, 2.05) is 0 Å². The van der Waals surface area contributed by atoms with Gasteiger partial charge in [-0.2, -0.15) is 0 Å². The lowest BCUT2D eigenvalue weighted by Gasteiger charge is -1.81. The molecule has 0 aromatic heterocycles. The van der Waals surface area contributed by atoms with Crippen molar-refractivity contribution < 1.29 is 9.53 Å². The average molecular weight is 88.1 g/mol. The molecule has 0 spiro atoms.